The number of hydrogen-bond donors (Lipinski definition) is 1. The number of nitrogens with two attached hydrogens (primary N) is 1. The summed E-state index contributed by atoms with van der Waals surface area (Å²) in [7, 11) is 0. The van der Waals surface area contributed by atoms with E-state index < -0.39 is 0 Å². The molecule has 0 aliphatic heterocycles. The Hall–Kier alpha value is -1.03. The van der Waals surface area contributed by atoms with Crippen molar-refractivity contribution in [2.24, 2.45) is 0 Å². The van der Waals surface area contributed by atoms with E-state index in [1.165, 1.54) is 16.9 Å². The van der Waals surface area contributed by atoms with Gasteiger partial charge in [-0.15, -0.1) is 11.3 Å². The monoisotopic (exact) mass is 238 g/mol. The standard InChI is InChI=1S/C12H18N2OS/c1-3-14(4-2)12(15)10-8-6-5-7-9(8)16-11(10)13/h3-7,13H2,1-2H3. The molecule has 0 aromatic carbocycles. The molecule has 16 heavy (non-hydrogen) atoms. The Morgan fingerprint density at radius 1 is 1.38 bits per heavy atom. The largest absolute Gasteiger partial charge is 0.390 e. The third-order valence-corrected chi connectivity index (χ3v) is 4.33. The number of nitrogens with zero attached hydrogens (tertiary/aromatic N) is 1. The third-order valence-electron chi connectivity index (χ3n) is 3.21. The van der Waals surface area contributed by atoms with E-state index in [-0.39, 0.29) is 5.91 Å². The van der Waals surface area contributed by atoms with Gasteiger partial charge in [0, 0.05) is 18.0 Å². The molecule has 0 atom stereocenters. The highest BCUT2D eigenvalue weighted by Gasteiger charge is 2.27. The van der Waals surface area contributed by atoms with Crippen LogP contribution in [-0.2, 0) is 12.8 Å². The lowest BCUT2D eigenvalue weighted by atomic mass is 10.1. The molecular weight excluding hydrogens is 220 g/mol. The SMILES string of the molecule is CCN(CC)C(=O)c1c(N)sc2c1CCC2. The molecule has 0 spiro atoms. The molecule has 0 unspecified atom stereocenters. The smallest absolute Gasteiger partial charge is 0.257 e. The van der Waals surface area contributed by atoms with E-state index in [1.54, 1.807) is 11.3 Å². The van der Waals surface area contributed by atoms with Gasteiger partial charge in [0.05, 0.1) is 10.6 Å². The van der Waals surface area contributed by atoms with Gasteiger partial charge in [-0.2, -0.15) is 0 Å². The molecular formula is C12H18N2OS. The molecule has 0 saturated carbocycles. The van der Waals surface area contributed by atoms with Crippen LogP contribution in [-0.4, -0.2) is 23.9 Å². The topological polar surface area (TPSA) is 46.3 Å². The van der Waals surface area contributed by atoms with Crippen molar-refractivity contribution < 1.29 is 4.79 Å². The van der Waals surface area contributed by atoms with Crippen LogP contribution in [0.15, 0.2) is 0 Å². The fourth-order valence-corrected chi connectivity index (χ4v) is 3.48. The average molecular weight is 238 g/mol. The molecule has 0 saturated heterocycles. The highest BCUT2D eigenvalue weighted by atomic mass is 32.1. The second-order valence-corrected chi connectivity index (χ2v) is 5.21. The van der Waals surface area contributed by atoms with Crippen LogP contribution in [0.3, 0.4) is 0 Å². The van der Waals surface area contributed by atoms with Gasteiger partial charge >= 0.3 is 0 Å². The van der Waals surface area contributed by atoms with Crippen molar-refractivity contribution in [1.82, 2.24) is 4.90 Å². The van der Waals surface area contributed by atoms with Crippen molar-refractivity contribution in [3.05, 3.63) is 16.0 Å². The Balaban J connectivity index is 2.36. The lowest BCUT2D eigenvalue weighted by Gasteiger charge is -2.19. The van der Waals surface area contributed by atoms with E-state index in [0.717, 1.165) is 31.5 Å². The Labute approximate surface area is 100 Å². The van der Waals surface area contributed by atoms with Crippen molar-refractivity contribution in [3.8, 4) is 0 Å². The van der Waals surface area contributed by atoms with E-state index in [1.807, 2.05) is 18.7 Å². The van der Waals surface area contributed by atoms with Gasteiger partial charge in [0.1, 0.15) is 0 Å². The van der Waals surface area contributed by atoms with Crippen LogP contribution in [0.4, 0.5) is 5.00 Å². The van der Waals surface area contributed by atoms with Gasteiger partial charge in [0.15, 0.2) is 0 Å². The molecule has 1 aromatic heterocycles. The highest BCUT2D eigenvalue weighted by molar-refractivity contribution is 7.16. The fraction of sp³-hybridized carbons (Fsp3) is 0.583. The summed E-state index contributed by atoms with van der Waals surface area (Å²) in [6.07, 6.45) is 3.28. The molecule has 0 bridgehead atoms. The second kappa shape index (κ2) is 4.45. The minimum absolute atomic E-state index is 0.113. The van der Waals surface area contributed by atoms with Crippen LogP contribution in [0.2, 0.25) is 0 Å². The van der Waals surface area contributed by atoms with Gasteiger partial charge in [0.25, 0.3) is 5.91 Å². The Kier molecular flexibility index (Phi) is 3.19. The third kappa shape index (κ3) is 1.71. The van der Waals surface area contributed by atoms with Crippen LogP contribution >= 0.6 is 11.3 Å². The average Bonchev–Trinajstić information content (AvgIpc) is 2.78. The molecule has 2 N–H and O–H groups in total. The Bertz CT molecular complexity index is 407. The quantitative estimate of drug-likeness (QED) is 0.878. The Morgan fingerprint density at radius 2 is 2.06 bits per heavy atom. The van der Waals surface area contributed by atoms with Crippen molar-refractivity contribution >= 4 is 22.2 Å². The number of thiophene rings is 1. The number of carbonyl (C=O) groups is 1. The summed E-state index contributed by atoms with van der Waals surface area (Å²) in [5, 5.41) is 0.710. The summed E-state index contributed by atoms with van der Waals surface area (Å²) in [5.74, 6) is 0.113. The lowest BCUT2D eigenvalue weighted by molar-refractivity contribution is 0.0773. The number of nitrogen functional groups attached to an aromatic ring is 1. The molecule has 1 amide bonds. The lowest BCUT2D eigenvalue weighted by Crippen LogP contribution is -2.31. The molecule has 3 nitrogen and oxygen atoms in total. The number of aryl methyl sites for hydroxylation is 1. The molecule has 88 valence electrons. The molecule has 0 radical (unpaired) electrons. The summed E-state index contributed by atoms with van der Waals surface area (Å²) >= 11 is 1.60. The fourth-order valence-electron chi connectivity index (χ4n) is 2.33. The number of carbonyl (C=O) groups excluding carboxylic acids is 1. The maximum Gasteiger partial charge on any atom is 0.257 e. The van der Waals surface area contributed by atoms with Crippen LogP contribution in [0, 0.1) is 0 Å². The summed E-state index contributed by atoms with van der Waals surface area (Å²) in [6, 6.07) is 0. The zero-order chi connectivity index (χ0) is 11.7. The number of amides is 1. The van der Waals surface area contributed by atoms with Gasteiger partial charge in [-0.3, -0.25) is 4.79 Å². The van der Waals surface area contributed by atoms with Crippen LogP contribution in [0.25, 0.3) is 0 Å². The summed E-state index contributed by atoms with van der Waals surface area (Å²) in [4.78, 5) is 15.5. The second-order valence-electron chi connectivity index (χ2n) is 4.07. The zero-order valence-electron chi connectivity index (χ0n) is 9.88. The molecule has 1 aliphatic rings. The van der Waals surface area contributed by atoms with Gasteiger partial charge < -0.3 is 10.6 Å². The van der Waals surface area contributed by atoms with Gasteiger partial charge in [-0.25, -0.2) is 0 Å². The highest BCUT2D eigenvalue weighted by Crippen LogP contribution is 2.37. The van der Waals surface area contributed by atoms with E-state index in [4.69, 9.17) is 5.73 Å². The van der Waals surface area contributed by atoms with E-state index >= 15 is 0 Å². The van der Waals surface area contributed by atoms with Crippen molar-refractivity contribution in [2.45, 2.75) is 33.1 Å². The minimum atomic E-state index is 0.113. The number of fused-ring (bicyclic) bond motifs is 1. The number of hydrogen-bond acceptors (Lipinski definition) is 3. The molecule has 2 rings (SSSR count). The summed E-state index contributed by atoms with van der Waals surface area (Å²) in [5.41, 5.74) is 7.99. The predicted molar refractivity (Wildman–Crippen MR) is 68.0 cm³/mol. The van der Waals surface area contributed by atoms with Crippen LogP contribution in [0.1, 0.15) is 41.1 Å². The zero-order valence-corrected chi connectivity index (χ0v) is 10.7. The first-order valence-corrected chi connectivity index (χ1v) is 6.69. The van der Waals surface area contributed by atoms with E-state index in [9.17, 15) is 4.79 Å². The van der Waals surface area contributed by atoms with E-state index in [2.05, 4.69) is 0 Å². The number of rotatable bonds is 3. The molecule has 1 aliphatic carbocycles. The van der Waals surface area contributed by atoms with Crippen LogP contribution < -0.4 is 5.73 Å². The maximum absolute atomic E-state index is 12.3. The molecule has 0 fully saturated rings. The van der Waals surface area contributed by atoms with E-state index in [0.29, 0.717) is 5.00 Å². The first-order chi connectivity index (χ1) is 7.69. The van der Waals surface area contributed by atoms with Gasteiger partial charge in [-0.05, 0) is 38.7 Å². The predicted octanol–water partition coefficient (Wildman–Crippen LogP) is 2.30. The van der Waals surface area contributed by atoms with Crippen molar-refractivity contribution in [2.75, 3.05) is 18.8 Å². The van der Waals surface area contributed by atoms with Crippen molar-refractivity contribution in [1.29, 1.82) is 0 Å². The molecule has 1 heterocycles. The van der Waals surface area contributed by atoms with Crippen LogP contribution in [0.5, 0.6) is 0 Å². The summed E-state index contributed by atoms with van der Waals surface area (Å²) < 4.78 is 0. The normalized spacial score (nSPS) is 13.9. The first-order valence-electron chi connectivity index (χ1n) is 5.88. The van der Waals surface area contributed by atoms with Gasteiger partial charge in [0.2, 0.25) is 0 Å². The Morgan fingerprint density at radius 3 is 2.69 bits per heavy atom. The van der Waals surface area contributed by atoms with Crippen molar-refractivity contribution in [3.63, 3.8) is 0 Å². The maximum atomic E-state index is 12.3. The van der Waals surface area contributed by atoms with Gasteiger partial charge in [-0.1, -0.05) is 0 Å². The minimum Gasteiger partial charge on any atom is -0.390 e. The first kappa shape index (κ1) is 11.5. The molecule has 1 aromatic rings. The number of anilines is 1. The molecule has 4 heteroatoms. The summed E-state index contributed by atoms with van der Waals surface area (Å²) in [6.45, 7) is 5.51.